The molecule has 0 bridgehead atoms. The zero-order valence-corrected chi connectivity index (χ0v) is 13.3. The number of phenols is 1. The van der Waals surface area contributed by atoms with E-state index in [-0.39, 0.29) is 11.5 Å². The number of aromatic hydroxyl groups is 1. The molecule has 3 aliphatic rings. The van der Waals surface area contributed by atoms with Crippen LogP contribution >= 0.6 is 0 Å². The fourth-order valence-electron chi connectivity index (χ4n) is 5.89. The van der Waals surface area contributed by atoms with Gasteiger partial charge in [-0.25, -0.2) is 0 Å². The van der Waals surface area contributed by atoms with Crippen LogP contribution in [0.5, 0.6) is 5.75 Å². The van der Waals surface area contributed by atoms with Gasteiger partial charge in [-0.2, -0.15) is 0 Å². The number of aliphatic hydroxyl groups excluding tert-OH is 1. The van der Waals surface area contributed by atoms with Gasteiger partial charge in [-0.1, -0.05) is 19.1 Å². The van der Waals surface area contributed by atoms with E-state index in [0.29, 0.717) is 29.4 Å². The van der Waals surface area contributed by atoms with E-state index in [1.165, 1.54) is 11.1 Å². The van der Waals surface area contributed by atoms with Crippen LogP contribution in [0.3, 0.4) is 0 Å². The Morgan fingerprint density at radius 2 is 2.09 bits per heavy atom. The maximum absolute atomic E-state index is 10.5. The summed E-state index contributed by atoms with van der Waals surface area (Å²) in [7, 11) is 0. The van der Waals surface area contributed by atoms with Gasteiger partial charge in [0.15, 0.2) is 0 Å². The van der Waals surface area contributed by atoms with E-state index in [1.54, 1.807) is 0 Å². The lowest BCUT2D eigenvalue weighted by Gasteiger charge is -2.52. The van der Waals surface area contributed by atoms with Gasteiger partial charge >= 0.3 is 0 Å². The molecule has 2 N–H and O–H groups in total. The highest BCUT2D eigenvalue weighted by Crippen LogP contribution is 2.62. The smallest absolute Gasteiger partial charge is 0.115 e. The van der Waals surface area contributed by atoms with Crippen LogP contribution in [0.15, 0.2) is 30.9 Å². The van der Waals surface area contributed by atoms with E-state index >= 15 is 0 Å². The molecule has 0 amide bonds. The molecule has 2 heteroatoms. The summed E-state index contributed by atoms with van der Waals surface area (Å²) in [6.45, 7) is 6.41. The molecule has 2 saturated carbocycles. The third-order valence-corrected chi connectivity index (χ3v) is 7.06. The van der Waals surface area contributed by atoms with Gasteiger partial charge in [0.2, 0.25) is 0 Å². The molecule has 0 saturated heterocycles. The number of rotatable bonds is 1. The second kappa shape index (κ2) is 4.86. The summed E-state index contributed by atoms with van der Waals surface area (Å²) in [6.07, 6.45) is 7.34. The van der Waals surface area contributed by atoms with Crippen molar-refractivity contribution in [2.75, 3.05) is 0 Å². The molecule has 1 aromatic carbocycles. The first-order valence-electron chi connectivity index (χ1n) is 8.67. The molecule has 118 valence electrons. The van der Waals surface area contributed by atoms with Crippen LogP contribution in [0, 0.1) is 23.2 Å². The number of allylic oxidation sites excluding steroid dienone is 1. The molecule has 2 nitrogen and oxygen atoms in total. The van der Waals surface area contributed by atoms with Crippen LogP contribution in [0.4, 0.5) is 0 Å². The number of hydrogen-bond acceptors (Lipinski definition) is 2. The van der Waals surface area contributed by atoms with E-state index < -0.39 is 0 Å². The van der Waals surface area contributed by atoms with Crippen molar-refractivity contribution in [2.24, 2.45) is 23.2 Å². The normalized spacial score (nSPS) is 43.1. The van der Waals surface area contributed by atoms with Crippen molar-refractivity contribution in [3.05, 3.63) is 42.0 Å². The zero-order chi connectivity index (χ0) is 15.5. The molecule has 0 heterocycles. The number of benzene rings is 1. The first kappa shape index (κ1) is 14.3. The predicted molar refractivity (Wildman–Crippen MR) is 87.8 cm³/mol. The first-order chi connectivity index (χ1) is 10.5. The van der Waals surface area contributed by atoms with Crippen LogP contribution in [-0.4, -0.2) is 16.3 Å². The maximum atomic E-state index is 10.5. The summed E-state index contributed by atoms with van der Waals surface area (Å²) in [5, 5.41) is 20.3. The van der Waals surface area contributed by atoms with Crippen LogP contribution in [0.25, 0.3) is 0 Å². The van der Waals surface area contributed by atoms with Crippen molar-refractivity contribution in [1.82, 2.24) is 0 Å². The molecule has 3 unspecified atom stereocenters. The summed E-state index contributed by atoms with van der Waals surface area (Å²) in [5.41, 5.74) is 2.83. The highest BCUT2D eigenvalue weighted by atomic mass is 16.3. The third kappa shape index (κ3) is 1.83. The van der Waals surface area contributed by atoms with Gasteiger partial charge in [-0.15, -0.1) is 6.58 Å². The van der Waals surface area contributed by atoms with Gasteiger partial charge in [0.25, 0.3) is 0 Å². The summed E-state index contributed by atoms with van der Waals surface area (Å²) >= 11 is 0. The fraction of sp³-hybridized carbons (Fsp3) is 0.600. The SMILES string of the molecule is C=C[C@@H]1Cc2cc(O)ccc2C2CC[C@@]3(C)C(CC[C@@H]3O)C21. The first-order valence-corrected chi connectivity index (χ1v) is 8.67. The Morgan fingerprint density at radius 1 is 1.27 bits per heavy atom. The highest BCUT2D eigenvalue weighted by Gasteiger charge is 2.56. The monoisotopic (exact) mass is 298 g/mol. The van der Waals surface area contributed by atoms with Gasteiger partial charge in [0.1, 0.15) is 5.75 Å². The summed E-state index contributed by atoms with van der Waals surface area (Å²) in [6, 6.07) is 5.91. The molecule has 6 atom stereocenters. The van der Waals surface area contributed by atoms with Crippen molar-refractivity contribution in [3.63, 3.8) is 0 Å². The second-order valence-corrected chi connectivity index (χ2v) is 7.91. The molecule has 0 aliphatic heterocycles. The van der Waals surface area contributed by atoms with Gasteiger partial charge in [-0.3, -0.25) is 0 Å². The van der Waals surface area contributed by atoms with Gasteiger partial charge in [0, 0.05) is 0 Å². The van der Waals surface area contributed by atoms with E-state index in [1.807, 2.05) is 12.1 Å². The molecular weight excluding hydrogens is 272 g/mol. The fourth-order valence-corrected chi connectivity index (χ4v) is 5.89. The molecule has 2 fully saturated rings. The minimum Gasteiger partial charge on any atom is -0.508 e. The standard InChI is InChI=1S/C20H26O2/c1-3-12-10-13-11-14(21)4-5-15(13)16-8-9-20(2)17(19(12)16)6-7-18(20)22/h3-5,11-12,16-19,21-22H,1,6-10H2,2H3/t12-,16?,17?,18+,19?,20+/m1/s1. The lowest BCUT2D eigenvalue weighted by Crippen LogP contribution is -2.46. The average molecular weight is 298 g/mol. The van der Waals surface area contributed by atoms with Crippen LogP contribution < -0.4 is 0 Å². The topological polar surface area (TPSA) is 40.5 Å². The minimum atomic E-state index is -0.134. The Balaban J connectivity index is 1.79. The number of aliphatic hydroxyl groups is 1. The zero-order valence-electron chi connectivity index (χ0n) is 13.3. The molecular formula is C20H26O2. The number of phenolic OH excluding ortho intramolecular Hbond substituents is 1. The Bertz CT molecular complexity index is 608. The van der Waals surface area contributed by atoms with E-state index in [2.05, 4.69) is 25.6 Å². The predicted octanol–water partition coefficient (Wildman–Crippen LogP) is 4.02. The van der Waals surface area contributed by atoms with Crippen LogP contribution in [0.1, 0.15) is 49.7 Å². The molecule has 4 rings (SSSR count). The molecule has 1 aromatic rings. The second-order valence-electron chi connectivity index (χ2n) is 7.91. The Morgan fingerprint density at radius 3 is 2.86 bits per heavy atom. The Labute approximate surface area is 132 Å². The van der Waals surface area contributed by atoms with Gasteiger partial charge in [-0.05, 0) is 84.5 Å². The highest BCUT2D eigenvalue weighted by molar-refractivity contribution is 5.41. The minimum absolute atomic E-state index is 0.0941. The molecule has 3 aliphatic carbocycles. The van der Waals surface area contributed by atoms with Crippen molar-refractivity contribution in [2.45, 2.75) is 51.0 Å². The van der Waals surface area contributed by atoms with Gasteiger partial charge in [0.05, 0.1) is 6.10 Å². The van der Waals surface area contributed by atoms with Crippen LogP contribution in [-0.2, 0) is 6.42 Å². The Kier molecular flexibility index (Phi) is 3.16. The Hall–Kier alpha value is -1.28. The lowest BCUT2D eigenvalue weighted by atomic mass is 9.52. The number of hydrogen-bond donors (Lipinski definition) is 2. The quantitative estimate of drug-likeness (QED) is 0.769. The summed E-state index contributed by atoms with van der Waals surface area (Å²) < 4.78 is 0. The summed E-state index contributed by atoms with van der Waals surface area (Å²) in [5.74, 6) is 2.61. The molecule has 0 spiro atoms. The largest absolute Gasteiger partial charge is 0.508 e. The van der Waals surface area contributed by atoms with E-state index in [4.69, 9.17) is 0 Å². The average Bonchev–Trinajstić information content (AvgIpc) is 2.81. The van der Waals surface area contributed by atoms with Crippen molar-refractivity contribution < 1.29 is 10.2 Å². The molecule has 0 aromatic heterocycles. The van der Waals surface area contributed by atoms with Gasteiger partial charge < -0.3 is 10.2 Å². The maximum Gasteiger partial charge on any atom is 0.115 e. The van der Waals surface area contributed by atoms with E-state index in [0.717, 1.165) is 32.1 Å². The lowest BCUT2D eigenvalue weighted by molar-refractivity contribution is -0.0319. The van der Waals surface area contributed by atoms with E-state index in [9.17, 15) is 10.2 Å². The molecule has 22 heavy (non-hydrogen) atoms. The van der Waals surface area contributed by atoms with Crippen molar-refractivity contribution in [1.29, 1.82) is 0 Å². The van der Waals surface area contributed by atoms with Crippen molar-refractivity contribution in [3.8, 4) is 5.75 Å². The number of fused-ring (bicyclic) bond motifs is 5. The van der Waals surface area contributed by atoms with Crippen molar-refractivity contribution >= 4 is 0 Å². The molecule has 0 radical (unpaired) electrons. The summed E-state index contributed by atoms with van der Waals surface area (Å²) in [4.78, 5) is 0. The third-order valence-electron chi connectivity index (χ3n) is 7.06. The van der Waals surface area contributed by atoms with Crippen LogP contribution in [0.2, 0.25) is 0 Å².